The maximum absolute atomic E-state index is 12.3. The number of rotatable bonds is 6. The SMILES string of the molecule is CCC(C(=O)O)N(CC)S(=O)(=O)c1cscc1Cl. The number of nitrogens with zero attached hydrogens (tertiary/aromatic N) is 1. The smallest absolute Gasteiger partial charge is 0.322 e. The fourth-order valence-corrected chi connectivity index (χ4v) is 4.97. The Balaban J connectivity index is 3.24. The van der Waals surface area contributed by atoms with Crippen LogP contribution in [0.1, 0.15) is 20.3 Å². The summed E-state index contributed by atoms with van der Waals surface area (Å²) in [5.41, 5.74) is 0. The lowest BCUT2D eigenvalue weighted by Crippen LogP contribution is -2.44. The van der Waals surface area contributed by atoms with Gasteiger partial charge in [0.1, 0.15) is 10.9 Å². The third-order valence-electron chi connectivity index (χ3n) is 2.50. The summed E-state index contributed by atoms with van der Waals surface area (Å²) in [5, 5.41) is 12.1. The molecule has 0 spiro atoms. The Morgan fingerprint density at radius 3 is 2.44 bits per heavy atom. The molecular weight excluding hydrogens is 298 g/mol. The van der Waals surface area contributed by atoms with Gasteiger partial charge in [0.05, 0.1) is 5.02 Å². The molecule has 0 amide bonds. The van der Waals surface area contributed by atoms with Crippen LogP contribution in [0.2, 0.25) is 5.02 Å². The van der Waals surface area contributed by atoms with E-state index < -0.39 is 22.0 Å². The summed E-state index contributed by atoms with van der Waals surface area (Å²) in [6, 6.07) is -1.07. The molecule has 0 aliphatic carbocycles. The van der Waals surface area contributed by atoms with Gasteiger partial charge in [0.25, 0.3) is 0 Å². The highest BCUT2D eigenvalue weighted by Crippen LogP contribution is 2.29. The molecule has 0 aromatic carbocycles. The summed E-state index contributed by atoms with van der Waals surface area (Å²) in [5.74, 6) is -1.16. The molecule has 1 unspecified atom stereocenters. The highest BCUT2D eigenvalue weighted by molar-refractivity contribution is 7.89. The first-order chi connectivity index (χ1) is 8.36. The summed E-state index contributed by atoms with van der Waals surface area (Å²) in [6.07, 6.45) is 0.199. The molecule has 0 radical (unpaired) electrons. The van der Waals surface area contributed by atoms with Crippen LogP contribution in [-0.4, -0.2) is 36.4 Å². The van der Waals surface area contributed by atoms with Crippen LogP contribution in [0.5, 0.6) is 0 Å². The zero-order valence-corrected chi connectivity index (χ0v) is 12.3. The van der Waals surface area contributed by atoms with E-state index in [2.05, 4.69) is 0 Å². The lowest BCUT2D eigenvalue weighted by molar-refractivity contribution is -0.141. The number of carboxylic acids is 1. The summed E-state index contributed by atoms with van der Waals surface area (Å²) in [4.78, 5) is 11.1. The number of thiophene rings is 1. The first kappa shape index (κ1) is 15.4. The molecule has 0 aliphatic rings. The second-order valence-electron chi connectivity index (χ2n) is 3.55. The molecule has 1 rings (SSSR count). The van der Waals surface area contributed by atoms with E-state index in [1.165, 1.54) is 10.8 Å². The van der Waals surface area contributed by atoms with Gasteiger partial charge in [0.15, 0.2) is 0 Å². The Bertz CT molecular complexity index is 526. The van der Waals surface area contributed by atoms with Gasteiger partial charge in [-0.2, -0.15) is 4.31 Å². The molecule has 1 N–H and O–H groups in total. The van der Waals surface area contributed by atoms with Crippen molar-refractivity contribution in [1.29, 1.82) is 0 Å². The third-order valence-corrected chi connectivity index (χ3v) is 5.97. The van der Waals surface area contributed by atoms with E-state index in [1.54, 1.807) is 13.8 Å². The molecule has 0 saturated heterocycles. The molecule has 0 fully saturated rings. The number of hydrogen-bond donors (Lipinski definition) is 1. The summed E-state index contributed by atoms with van der Waals surface area (Å²) < 4.78 is 25.6. The number of carbonyl (C=O) groups is 1. The second kappa shape index (κ2) is 6.01. The van der Waals surface area contributed by atoms with E-state index >= 15 is 0 Å². The van der Waals surface area contributed by atoms with Crippen LogP contribution in [0.15, 0.2) is 15.7 Å². The number of likely N-dealkylation sites (N-methyl/N-ethyl adjacent to an activating group) is 1. The average molecular weight is 312 g/mol. The Labute approximate surface area is 115 Å². The van der Waals surface area contributed by atoms with Gasteiger partial charge >= 0.3 is 5.97 Å². The van der Waals surface area contributed by atoms with Crippen LogP contribution in [0, 0.1) is 0 Å². The van der Waals surface area contributed by atoms with Gasteiger partial charge in [-0.25, -0.2) is 8.42 Å². The Morgan fingerprint density at radius 2 is 2.11 bits per heavy atom. The van der Waals surface area contributed by atoms with Gasteiger partial charge in [-0.05, 0) is 6.42 Å². The van der Waals surface area contributed by atoms with E-state index in [4.69, 9.17) is 16.7 Å². The summed E-state index contributed by atoms with van der Waals surface area (Å²) in [7, 11) is -3.86. The molecular formula is C10H14ClNO4S2. The highest BCUT2D eigenvalue weighted by atomic mass is 35.5. The first-order valence-electron chi connectivity index (χ1n) is 5.32. The molecule has 1 atom stereocenters. The molecule has 1 aromatic rings. The fourth-order valence-electron chi connectivity index (χ4n) is 1.64. The van der Waals surface area contributed by atoms with Crippen molar-refractivity contribution in [3.8, 4) is 0 Å². The van der Waals surface area contributed by atoms with Gasteiger partial charge in [-0.1, -0.05) is 25.4 Å². The molecule has 0 bridgehead atoms. The number of hydrogen-bond acceptors (Lipinski definition) is 4. The van der Waals surface area contributed by atoms with Gasteiger partial charge in [-0.3, -0.25) is 4.79 Å². The van der Waals surface area contributed by atoms with E-state index in [0.717, 1.165) is 15.6 Å². The van der Waals surface area contributed by atoms with Crippen molar-refractivity contribution < 1.29 is 18.3 Å². The zero-order chi connectivity index (χ0) is 13.9. The van der Waals surface area contributed by atoms with E-state index in [-0.39, 0.29) is 22.9 Å². The number of carboxylic acid groups (broad SMARTS) is 1. The van der Waals surface area contributed by atoms with Gasteiger partial charge in [-0.15, -0.1) is 11.3 Å². The minimum atomic E-state index is -3.86. The van der Waals surface area contributed by atoms with Crippen molar-refractivity contribution in [1.82, 2.24) is 4.31 Å². The minimum Gasteiger partial charge on any atom is -0.480 e. The van der Waals surface area contributed by atoms with Crippen molar-refractivity contribution in [2.45, 2.75) is 31.2 Å². The van der Waals surface area contributed by atoms with Crippen molar-refractivity contribution in [2.75, 3.05) is 6.54 Å². The summed E-state index contributed by atoms with van der Waals surface area (Å²) >= 11 is 6.97. The Hall–Kier alpha value is -0.630. The molecule has 1 aromatic heterocycles. The minimum absolute atomic E-state index is 0.0317. The molecule has 102 valence electrons. The molecule has 18 heavy (non-hydrogen) atoms. The van der Waals surface area contributed by atoms with Gasteiger partial charge in [0.2, 0.25) is 10.0 Å². The molecule has 1 heterocycles. The van der Waals surface area contributed by atoms with E-state index in [1.807, 2.05) is 0 Å². The third kappa shape index (κ3) is 2.85. The normalized spacial score (nSPS) is 13.8. The predicted octanol–water partition coefficient (Wildman–Crippen LogP) is 2.28. The quantitative estimate of drug-likeness (QED) is 0.874. The zero-order valence-electron chi connectivity index (χ0n) is 9.96. The highest BCUT2D eigenvalue weighted by Gasteiger charge is 2.35. The summed E-state index contributed by atoms with van der Waals surface area (Å²) in [6.45, 7) is 3.31. The van der Waals surface area contributed by atoms with Crippen LogP contribution >= 0.6 is 22.9 Å². The molecule has 0 aliphatic heterocycles. The standard InChI is InChI=1S/C10H14ClNO4S2/c1-3-8(10(13)14)12(4-2)18(15,16)9-6-17-5-7(9)11/h5-6,8H,3-4H2,1-2H3,(H,13,14). The largest absolute Gasteiger partial charge is 0.480 e. The van der Waals surface area contributed by atoms with Crippen LogP contribution in [0.4, 0.5) is 0 Å². The number of halogens is 1. The van der Waals surface area contributed by atoms with E-state index in [9.17, 15) is 13.2 Å². The lowest BCUT2D eigenvalue weighted by atomic mass is 10.2. The number of sulfonamides is 1. The van der Waals surface area contributed by atoms with E-state index in [0.29, 0.717) is 0 Å². The fraction of sp³-hybridized carbons (Fsp3) is 0.500. The predicted molar refractivity (Wildman–Crippen MR) is 70.6 cm³/mol. The Morgan fingerprint density at radius 1 is 1.50 bits per heavy atom. The average Bonchev–Trinajstić information content (AvgIpc) is 2.71. The van der Waals surface area contributed by atoms with Gasteiger partial charge < -0.3 is 5.11 Å². The van der Waals surface area contributed by atoms with Crippen LogP contribution < -0.4 is 0 Å². The molecule has 8 heteroatoms. The number of aliphatic carboxylic acids is 1. The molecule has 0 saturated carbocycles. The van der Waals surface area contributed by atoms with Crippen molar-refractivity contribution in [2.24, 2.45) is 0 Å². The lowest BCUT2D eigenvalue weighted by Gasteiger charge is -2.25. The second-order valence-corrected chi connectivity index (χ2v) is 6.56. The maximum Gasteiger partial charge on any atom is 0.322 e. The van der Waals surface area contributed by atoms with Gasteiger partial charge in [0, 0.05) is 17.3 Å². The van der Waals surface area contributed by atoms with Crippen molar-refractivity contribution in [3.05, 3.63) is 15.8 Å². The maximum atomic E-state index is 12.3. The Kier molecular flexibility index (Phi) is 5.15. The first-order valence-corrected chi connectivity index (χ1v) is 8.08. The van der Waals surface area contributed by atoms with Crippen molar-refractivity contribution >= 4 is 38.9 Å². The van der Waals surface area contributed by atoms with Crippen LogP contribution in [-0.2, 0) is 14.8 Å². The van der Waals surface area contributed by atoms with Crippen LogP contribution in [0.25, 0.3) is 0 Å². The van der Waals surface area contributed by atoms with Crippen LogP contribution in [0.3, 0.4) is 0 Å². The monoisotopic (exact) mass is 311 g/mol. The molecule has 5 nitrogen and oxygen atoms in total. The topological polar surface area (TPSA) is 74.7 Å². The van der Waals surface area contributed by atoms with Crippen molar-refractivity contribution in [3.63, 3.8) is 0 Å².